The Kier molecular flexibility index (Phi) is 5.01. The lowest BCUT2D eigenvalue weighted by molar-refractivity contribution is 0.0744. The number of rotatable bonds is 7. The molecule has 0 radical (unpaired) electrons. The lowest BCUT2D eigenvalue weighted by Gasteiger charge is -2.23. The van der Waals surface area contributed by atoms with E-state index in [2.05, 4.69) is 39.3 Å². The molecule has 1 aliphatic carbocycles. The second-order valence-electron chi connectivity index (χ2n) is 7.92. The summed E-state index contributed by atoms with van der Waals surface area (Å²) in [5.74, 6) is 0.572. The van der Waals surface area contributed by atoms with Crippen LogP contribution in [-0.4, -0.2) is 38.8 Å². The molecule has 2 aromatic carbocycles. The number of hydrogen-bond donors (Lipinski definition) is 1. The van der Waals surface area contributed by atoms with E-state index in [1.54, 1.807) is 12.4 Å². The van der Waals surface area contributed by atoms with Gasteiger partial charge in [0.05, 0.1) is 0 Å². The van der Waals surface area contributed by atoms with Gasteiger partial charge in [-0.3, -0.25) is 9.78 Å². The van der Waals surface area contributed by atoms with Crippen LogP contribution in [0.3, 0.4) is 0 Å². The van der Waals surface area contributed by atoms with Crippen LogP contribution in [0.4, 0.5) is 0 Å². The molecular formula is C25H24N4O. The molecule has 0 unspecified atom stereocenters. The Balaban J connectivity index is 1.41. The zero-order valence-corrected chi connectivity index (χ0v) is 16.8. The van der Waals surface area contributed by atoms with Gasteiger partial charge in [-0.15, -0.1) is 0 Å². The Bertz CT molecular complexity index is 1160. The van der Waals surface area contributed by atoms with Gasteiger partial charge in [0.1, 0.15) is 5.69 Å². The number of amides is 1. The topological polar surface area (TPSA) is 61.9 Å². The van der Waals surface area contributed by atoms with Gasteiger partial charge >= 0.3 is 0 Å². The van der Waals surface area contributed by atoms with E-state index in [4.69, 9.17) is 0 Å². The monoisotopic (exact) mass is 396 g/mol. The molecule has 1 saturated carbocycles. The fourth-order valence-electron chi connectivity index (χ4n) is 3.93. The van der Waals surface area contributed by atoms with Gasteiger partial charge in [0.15, 0.2) is 5.69 Å². The number of hydrogen-bond acceptors (Lipinski definition) is 3. The number of benzene rings is 2. The first-order valence-corrected chi connectivity index (χ1v) is 10.5. The van der Waals surface area contributed by atoms with Gasteiger partial charge in [0, 0.05) is 48.1 Å². The van der Waals surface area contributed by atoms with E-state index in [0.29, 0.717) is 23.9 Å². The third-order valence-electron chi connectivity index (χ3n) is 5.74. The quantitative estimate of drug-likeness (QED) is 0.492. The zero-order chi connectivity index (χ0) is 20.3. The van der Waals surface area contributed by atoms with Crippen LogP contribution < -0.4 is 0 Å². The smallest absolute Gasteiger partial charge is 0.274 e. The second kappa shape index (κ2) is 8.11. The lowest BCUT2D eigenvalue weighted by Crippen LogP contribution is -2.35. The molecule has 5 heteroatoms. The molecule has 0 spiro atoms. The van der Waals surface area contributed by atoms with E-state index in [1.807, 2.05) is 41.3 Å². The summed E-state index contributed by atoms with van der Waals surface area (Å²) in [6.45, 7) is 1.45. The molecule has 5 nitrogen and oxygen atoms in total. The summed E-state index contributed by atoms with van der Waals surface area (Å²) in [6.07, 6.45) is 8.52. The van der Waals surface area contributed by atoms with E-state index in [9.17, 15) is 4.79 Å². The molecule has 30 heavy (non-hydrogen) atoms. The molecule has 0 bridgehead atoms. The van der Waals surface area contributed by atoms with Crippen LogP contribution in [0.15, 0.2) is 73.2 Å². The van der Waals surface area contributed by atoms with E-state index in [0.717, 1.165) is 24.0 Å². The van der Waals surface area contributed by atoms with Crippen molar-refractivity contribution in [2.24, 2.45) is 5.92 Å². The Morgan fingerprint density at radius 3 is 2.60 bits per heavy atom. The van der Waals surface area contributed by atoms with Crippen molar-refractivity contribution in [2.45, 2.75) is 19.3 Å². The minimum absolute atomic E-state index is 0.0336. The van der Waals surface area contributed by atoms with Crippen molar-refractivity contribution >= 4 is 16.8 Å². The van der Waals surface area contributed by atoms with Crippen molar-refractivity contribution in [2.75, 3.05) is 13.1 Å². The molecule has 1 amide bonds. The standard InChI is InChI=1S/C25H24N4O/c30-25(24-23(26-13-14-27-24)19-6-2-1-3-7-19)29(17-18-10-11-18)15-12-20-16-28-22-9-5-4-8-21(20)22/h1-9,13-14,16,18,28H,10-12,15,17H2. The third-order valence-corrected chi connectivity index (χ3v) is 5.74. The van der Waals surface area contributed by atoms with Crippen LogP contribution in [0.25, 0.3) is 22.2 Å². The largest absolute Gasteiger partial charge is 0.361 e. The highest BCUT2D eigenvalue weighted by Gasteiger charge is 2.29. The fraction of sp³-hybridized carbons (Fsp3) is 0.240. The zero-order valence-electron chi connectivity index (χ0n) is 16.8. The van der Waals surface area contributed by atoms with E-state index in [1.165, 1.54) is 23.8 Å². The molecule has 1 N–H and O–H groups in total. The average molecular weight is 396 g/mol. The van der Waals surface area contributed by atoms with Gasteiger partial charge in [-0.05, 0) is 36.8 Å². The first-order chi connectivity index (χ1) is 14.8. The van der Waals surface area contributed by atoms with Crippen LogP contribution in [0.1, 0.15) is 28.9 Å². The van der Waals surface area contributed by atoms with Crippen molar-refractivity contribution < 1.29 is 4.79 Å². The van der Waals surface area contributed by atoms with Crippen LogP contribution >= 0.6 is 0 Å². The predicted molar refractivity (Wildman–Crippen MR) is 118 cm³/mol. The summed E-state index contributed by atoms with van der Waals surface area (Å²) in [5, 5.41) is 1.22. The van der Waals surface area contributed by atoms with Crippen molar-refractivity contribution in [1.82, 2.24) is 19.9 Å². The third kappa shape index (κ3) is 3.83. The second-order valence-corrected chi connectivity index (χ2v) is 7.92. The van der Waals surface area contributed by atoms with Gasteiger partial charge < -0.3 is 9.88 Å². The van der Waals surface area contributed by atoms with Gasteiger partial charge in [-0.25, -0.2) is 4.98 Å². The minimum Gasteiger partial charge on any atom is -0.361 e. The molecule has 4 aromatic rings. The molecule has 0 saturated heterocycles. The number of H-pyrrole nitrogens is 1. The van der Waals surface area contributed by atoms with Crippen molar-refractivity contribution in [3.63, 3.8) is 0 Å². The highest BCUT2D eigenvalue weighted by atomic mass is 16.2. The normalized spacial score (nSPS) is 13.5. The highest BCUT2D eigenvalue weighted by Crippen LogP contribution is 2.31. The number of nitrogens with one attached hydrogen (secondary N) is 1. The average Bonchev–Trinajstić information content (AvgIpc) is 3.54. The Morgan fingerprint density at radius 2 is 1.77 bits per heavy atom. The van der Waals surface area contributed by atoms with Gasteiger partial charge in [-0.1, -0.05) is 48.5 Å². The number of aromatic nitrogens is 3. The van der Waals surface area contributed by atoms with E-state index >= 15 is 0 Å². The molecule has 5 rings (SSSR count). The summed E-state index contributed by atoms with van der Waals surface area (Å²) >= 11 is 0. The van der Waals surface area contributed by atoms with Crippen LogP contribution in [0.5, 0.6) is 0 Å². The number of fused-ring (bicyclic) bond motifs is 1. The molecule has 150 valence electrons. The van der Waals surface area contributed by atoms with Crippen LogP contribution in [-0.2, 0) is 6.42 Å². The Morgan fingerprint density at radius 1 is 1.00 bits per heavy atom. The van der Waals surface area contributed by atoms with Crippen molar-refractivity contribution in [3.05, 3.63) is 84.4 Å². The number of carbonyl (C=O) groups excluding carboxylic acids is 1. The van der Waals surface area contributed by atoms with Crippen molar-refractivity contribution in [3.8, 4) is 11.3 Å². The van der Waals surface area contributed by atoms with Crippen molar-refractivity contribution in [1.29, 1.82) is 0 Å². The van der Waals surface area contributed by atoms with Crippen LogP contribution in [0, 0.1) is 5.92 Å². The number of aromatic amines is 1. The molecule has 1 aliphatic rings. The predicted octanol–water partition coefficient (Wildman–Crippen LogP) is 4.72. The van der Waals surface area contributed by atoms with Crippen LogP contribution in [0.2, 0.25) is 0 Å². The van der Waals surface area contributed by atoms with E-state index in [-0.39, 0.29) is 5.91 Å². The summed E-state index contributed by atoms with van der Waals surface area (Å²) in [7, 11) is 0. The fourth-order valence-corrected chi connectivity index (χ4v) is 3.93. The molecule has 0 aliphatic heterocycles. The van der Waals surface area contributed by atoms with Gasteiger partial charge in [0.25, 0.3) is 5.91 Å². The van der Waals surface area contributed by atoms with Gasteiger partial charge in [0.2, 0.25) is 0 Å². The van der Waals surface area contributed by atoms with E-state index < -0.39 is 0 Å². The number of nitrogens with zero attached hydrogens (tertiary/aromatic N) is 3. The molecule has 2 heterocycles. The lowest BCUT2D eigenvalue weighted by atomic mass is 10.1. The molecule has 2 aromatic heterocycles. The SMILES string of the molecule is O=C(c1nccnc1-c1ccccc1)N(CCc1c[nH]c2ccccc12)CC1CC1. The Labute approximate surface area is 175 Å². The molecule has 0 atom stereocenters. The summed E-state index contributed by atoms with van der Waals surface area (Å²) < 4.78 is 0. The highest BCUT2D eigenvalue weighted by molar-refractivity contribution is 5.98. The Hall–Kier alpha value is -3.47. The maximum absolute atomic E-state index is 13.5. The summed E-state index contributed by atoms with van der Waals surface area (Å²) in [4.78, 5) is 27.8. The first-order valence-electron chi connectivity index (χ1n) is 10.5. The molecule has 1 fully saturated rings. The number of carbonyl (C=O) groups is 1. The number of para-hydroxylation sites is 1. The molecular weight excluding hydrogens is 372 g/mol. The maximum Gasteiger partial charge on any atom is 0.274 e. The summed E-state index contributed by atoms with van der Waals surface area (Å²) in [5.41, 5.74) is 4.37. The summed E-state index contributed by atoms with van der Waals surface area (Å²) in [6, 6.07) is 18.1. The van der Waals surface area contributed by atoms with Gasteiger partial charge in [-0.2, -0.15) is 0 Å². The first kappa shape index (κ1) is 18.6. The minimum atomic E-state index is -0.0336. The maximum atomic E-state index is 13.5.